The highest BCUT2D eigenvalue weighted by atomic mass is 19.1. The van der Waals surface area contributed by atoms with Gasteiger partial charge in [0.1, 0.15) is 18.0 Å². The molecule has 5 rings (SSSR count). The van der Waals surface area contributed by atoms with Crippen LogP contribution in [0.1, 0.15) is 22.7 Å². The van der Waals surface area contributed by atoms with Gasteiger partial charge in [0.2, 0.25) is 5.91 Å². The van der Waals surface area contributed by atoms with Crippen molar-refractivity contribution in [2.45, 2.75) is 25.3 Å². The first-order valence-electron chi connectivity index (χ1n) is 12.1. The summed E-state index contributed by atoms with van der Waals surface area (Å²) >= 11 is 0. The van der Waals surface area contributed by atoms with Crippen LogP contribution in [-0.4, -0.2) is 64.0 Å². The van der Waals surface area contributed by atoms with Gasteiger partial charge in [-0.1, -0.05) is 72.8 Å². The minimum atomic E-state index is -0.841. The van der Waals surface area contributed by atoms with Crippen molar-refractivity contribution in [1.82, 2.24) is 25.1 Å². The molecule has 2 aliphatic rings. The van der Waals surface area contributed by atoms with E-state index in [0.717, 1.165) is 5.56 Å². The zero-order valence-electron chi connectivity index (χ0n) is 20.5. The number of amides is 4. The van der Waals surface area contributed by atoms with Crippen LogP contribution >= 0.6 is 0 Å². The van der Waals surface area contributed by atoms with Gasteiger partial charge in [0, 0.05) is 20.1 Å². The normalized spacial score (nSPS) is 19.6. The van der Waals surface area contributed by atoms with Crippen molar-refractivity contribution in [2.24, 2.45) is 0 Å². The van der Waals surface area contributed by atoms with Crippen LogP contribution in [0.25, 0.3) is 0 Å². The third-order valence-corrected chi connectivity index (χ3v) is 6.80. The van der Waals surface area contributed by atoms with Crippen LogP contribution in [0.4, 0.5) is 9.18 Å². The second-order valence-electron chi connectivity index (χ2n) is 9.21. The van der Waals surface area contributed by atoms with Crippen molar-refractivity contribution < 1.29 is 18.8 Å². The molecule has 8 nitrogen and oxygen atoms in total. The molecule has 3 aromatic rings. The number of urea groups is 1. The molecule has 2 fully saturated rings. The Labute approximate surface area is 214 Å². The summed E-state index contributed by atoms with van der Waals surface area (Å²) in [6.07, 6.45) is -0.559. The molecular weight excluding hydrogens is 473 g/mol. The average Bonchev–Trinajstić information content (AvgIpc) is 3.24. The SMILES string of the molecule is CN(C(=O)NCc1ccccc1)N1CC(=O)N2[C@@H](c3ccccc3)C(=O)N(Cc3cccc(F)c3)C[C@@H]21. The Hall–Kier alpha value is -4.24. The molecule has 2 heterocycles. The van der Waals surface area contributed by atoms with Gasteiger partial charge in [-0.3, -0.25) is 14.6 Å². The number of hydrazine groups is 1. The van der Waals surface area contributed by atoms with Crippen LogP contribution in [0.5, 0.6) is 0 Å². The number of fused-ring (bicyclic) bond motifs is 1. The van der Waals surface area contributed by atoms with E-state index in [1.165, 1.54) is 17.1 Å². The molecule has 2 aliphatic heterocycles. The van der Waals surface area contributed by atoms with Crippen LogP contribution in [0.15, 0.2) is 84.9 Å². The molecule has 0 spiro atoms. The number of nitrogens with one attached hydrogen (secondary N) is 1. The third-order valence-electron chi connectivity index (χ3n) is 6.80. The second kappa shape index (κ2) is 10.4. The van der Waals surface area contributed by atoms with E-state index >= 15 is 0 Å². The van der Waals surface area contributed by atoms with Gasteiger partial charge in [-0.25, -0.2) is 9.18 Å². The summed E-state index contributed by atoms with van der Waals surface area (Å²) in [5.41, 5.74) is 2.29. The van der Waals surface area contributed by atoms with Crippen molar-refractivity contribution in [3.05, 3.63) is 107 Å². The molecule has 0 unspecified atom stereocenters. The molecule has 190 valence electrons. The van der Waals surface area contributed by atoms with Crippen molar-refractivity contribution in [2.75, 3.05) is 20.1 Å². The number of benzene rings is 3. The maximum atomic E-state index is 13.9. The molecular formula is C28H28FN5O3. The molecule has 0 aromatic heterocycles. The minimum absolute atomic E-state index is 0.0374. The molecule has 0 radical (unpaired) electrons. The zero-order chi connectivity index (χ0) is 25.9. The lowest BCUT2D eigenvalue weighted by molar-refractivity contribution is -0.157. The van der Waals surface area contributed by atoms with E-state index in [1.54, 1.807) is 34.0 Å². The topological polar surface area (TPSA) is 76.2 Å². The summed E-state index contributed by atoms with van der Waals surface area (Å²) in [7, 11) is 1.61. The maximum Gasteiger partial charge on any atom is 0.332 e. The lowest BCUT2D eigenvalue weighted by Gasteiger charge is -2.45. The second-order valence-corrected chi connectivity index (χ2v) is 9.21. The fraction of sp³-hybridized carbons (Fsp3) is 0.250. The third kappa shape index (κ3) is 5.03. The van der Waals surface area contributed by atoms with E-state index in [2.05, 4.69) is 5.32 Å². The Bertz CT molecular complexity index is 1290. The summed E-state index contributed by atoms with van der Waals surface area (Å²) < 4.78 is 13.9. The van der Waals surface area contributed by atoms with Crippen molar-refractivity contribution in [3.63, 3.8) is 0 Å². The number of halogens is 1. The Balaban J connectivity index is 1.41. The van der Waals surface area contributed by atoms with E-state index in [1.807, 2.05) is 60.7 Å². The maximum absolute atomic E-state index is 13.9. The molecule has 37 heavy (non-hydrogen) atoms. The Kier molecular flexibility index (Phi) is 6.87. The number of nitrogens with zero attached hydrogens (tertiary/aromatic N) is 4. The van der Waals surface area contributed by atoms with Gasteiger partial charge in [-0.2, -0.15) is 5.01 Å². The first-order chi connectivity index (χ1) is 17.9. The Morgan fingerprint density at radius 3 is 2.35 bits per heavy atom. The first kappa shape index (κ1) is 24.5. The number of carbonyl (C=O) groups excluding carboxylic acids is 3. The van der Waals surface area contributed by atoms with E-state index < -0.39 is 12.2 Å². The largest absolute Gasteiger partial charge is 0.333 e. The lowest BCUT2D eigenvalue weighted by atomic mass is 10.00. The van der Waals surface area contributed by atoms with Crippen LogP contribution in [-0.2, 0) is 22.7 Å². The van der Waals surface area contributed by atoms with Gasteiger partial charge in [-0.05, 0) is 28.8 Å². The number of piperazine rings is 1. The fourth-order valence-electron chi connectivity index (χ4n) is 4.96. The molecule has 9 heteroatoms. The monoisotopic (exact) mass is 501 g/mol. The van der Waals surface area contributed by atoms with Gasteiger partial charge in [0.25, 0.3) is 5.91 Å². The number of rotatable bonds is 6. The van der Waals surface area contributed by atoms with Crippen molar-refractivity contribution >= 4 is 17.8 Å². The van der Waals surface area contributed by atoms with E-state index in [-0.39, 0.29) is 43.3 Å². The molecule has 3 aromatic carbocycles. The Morgan fingerprint density at radius 2 is 1.65 bits per heavy atom. The van der Waals surface area contributed by atoms with Gasteiger partial charge < -0.3 is 15.1 Å². The van der Waals surface area contributed by atoms with Gasteiger partial charge in [0.15, 0.2) is 0 Å². The molecule has 2 saturated heterocycles. The predicted molar refractivity (Wildman–Crippen MR) is 135 cm³/mol. The van der Waals surface area contributed by atoms with Gasteiger partial charge in [-0.15, -0.1) is 0 Å². The molecule has 0 bridgehead atoms. The molecule has 4 amide bonds. The minimum Gasteiger partial charge on any atom is -0.333 e. The highest BCUT2D eigenvalue weighted by molar-refractivity contribution is 5.92. The summed E-state index contributed by atoms with van der Waals surface area (Å²) in [6.45, 7) is 0.679. The first-order valence-corrected chi connectivity index (χ1v) is 12.1. The number of hydrogen-bond donors (Lipinski definition) is 1. The molecule has 0 aliphatic carbocycles. The molecule has 1 N–H and O–H groups in total. The van der Waals surface area contributed by atoms with E-state index in [4.69, 9.17) is 0 Å². The summed E-state index contributed by atoms with van der Waals surface area (Å²) in [4.78, 5) is 43.2. The lowest BCUT2D eigenvalue weighted by Crippen LogP contribution is -2.62. The van der Waals surface area contributed by atoms with Gasteiger partial charge >= 0.3 is 6.03 Å². The zero-order valence-corrected chi connectivity index (χ0v) is 20.5. The van der Waals surface area contributed by atoms with Crippen LogP contribution in [0.2, 0.25) is 0 Å². The quantitative estimate of drug-likeness (QED) is 0.563. The highest BCUT2D eigenvalue weighted by Crippen LogP contribution is 2.36. The predicted octanol–water partition coefficient (Wildman–Crippen LogP) is 3.14. The standard InChI is InChI=1S/C28H28FN5O3/c1-31(28(37)30-16-20-9-4-2-5-10-20)33-19-25(35)34-24(33)18-32(17-21-11-8-14-23(29)15-21)27(36)26(34)22-12-6-3-7-13-22/h2-15,24,26H,16-19H2,1H3,(H,30,37)/t24-,26+/m1/s1. The number of hydrogen-bond acceptors (Lipinski definition) is 4. The molecule has 0 saturated carbocycles. The van der Waals surface area contributed by atoms with Crippen molar-refractivity contribution in [3.8, 4) is 0 Å². The van der Waals surface area contributed by atoms with Crippen LogP contribution < -0.4 is 5.32 Å². The van der Waals surface area contributed by atoms with Crippen LogP contribution in [0, 0.1) is 5.82 Å². The van der Waals surface area contributed by atoms with Gasteiger partial charge in [0.05, 0.1) is 13.1 Å². The van der Waals surface area contributed by atoms with E-state index in [0.29, 0.717) is 17.7 Å². The highest BCUT2D eigenvalue weighted by Gasteiger charge is 2.52. The fourth-order valence-corrected chi connectivity index (χ4v) is 4.96. The smallest absolute Gasteiger partial charge is 0.332 e. The average molecular weight is 502 g/mol. The van der Waals surface area contributed by atoms with Crippen LogP contribution in [0.3, 0.4) is 0 Å². The van der Waals surface area contributed by atoms with Crippen molar-refractivity contribution in [1.29, 1.82) is 0 Å². The Morgan fingerprint density at radius 1 is 0.973 bits per heavy atom. The summed E-state index contributed by atoms with van der Waals surface area (Å²) in [5, 5.41) is 5.98. The molecule has 2 atom stereocenters. The number of carbonyl (C=O) groups is 3. The summed E-state index contributed by atoms with van der Waals surface area (Å²) in [6, 6.07) is 23.6. The van der Waals surface area contributed by atoms with E-state index in [9.17, 15) is 18.8 Å². The summed E-state index contributed by atoms with van der Waals surface area (Å²) in [5.74, 6) is -0.853.